The number of hydrogen-bond acceptors (Lipinski definition) is 9. The third kappa shape index (κ3) is 9.45. The molecule has 0 unspecified atom stereocenters. The highest BCUT2D eigenvalue weighted by molar-refractivity contribution is 7.10. The summed E-state index contributed by atoms with van der Waals surface area (Å²) in [6, 6.07) is 8.86. The molecule has 5 rings (SSSR count). The van der Waals surface area contributed by atoms with Gasteiger partial charge in [0, 0.05) is 36.8 Å². The number of carbonyl (C=O) groups is 4. The van der Waals surface area contributed by atoms with Gasteiger partial charge in [-0.1, -0.05) is 44.2 Å². The molecule has 11 nitrogen and oxygen atoms in total. The summed E-state index contributed by atoms with van der Waals surface area (Å²) >= 11 is 2.69. The van der Waals surface area contributed by atoms with Crippen LogP contribution < -0.4 is 16.0 Å². The minimum Gasteiger partial charge on any atom is -0.351 e. The van der Waals surface area contributed by atoms with Crippen molar-refractivity contribution in [2.45, 2.75) is 76.9 Å². The normalized spacial score (nSPS) is 22.3. The number of nitrogens with zero attached hydrogens (tertiary/aromatic N) is 4. The first-order valence-corrected chi connectivity index (χ1v) is 18.3. The molecule has 0 radical (unpaired) electrons. The first kappa shape index (κ1) is 34.6. The molecule has 2 aliphatic heterocycles. The summed E-state index contributed by atoms with van der Waals surface area (Å²) in [6.45, 7) is 6.39. The zero-order valence-corrected chi connectivity index (χ0v) is 29.0. The van der Waals surface area contributed by atoms with Gasteiger partial charge >= 0.3 is 0 Å². The van der Waals surface area contributed by atoms with E-state index in [2.05, 4.69) is 44.7 Å². The molecule has 2 aliphatic rings. The van der Waals surface area contributed by atoms with Crippen LogP contribution in [0.3, 0.4) is 0 Å². The predicted molar refractivity (Wildman–Crippen MR) is 183 cm³/mol. The van der Waals surface area contributed by atoms with Crippen molar-refractivity contribution >= 4 is 46.3 Å². The number of aromatic nitrogens is 2. The molecule has 4 amide bonds. The van der Waals surface area contributed by atoms with Crippen molar-refractivity contribution in [2.75, 3.05) is 33.2 Å². The standard InChI is InChI=1S/C34H45N7O4S2/c1-22(2)18-24-32-39-27(21-47-32)31(44)37-25(19-23-10-5-4-6-11-23)33-38-26(20-46-33)30(43)35-14-9-17-41(16-8-13-29(42)36-24)34(45)28-12-7-15-40(28)3/h4-6,10-11,20-22,24-25,28H,7-9,12-19H2,1-3H3,(H,35,43)(H,36,42)(H,37,44)/t24-,25-,28-/m0/s1. The average Bonchev–Trinajstić information content (AvgIpc) is 3.82. The summed E-state index contributed by atoms with van der Waals surface area (Å²) < 4.78 is 0. The molecule has 0 aliphatic carbocycles. The molecule has 4 heterocycles. The minimum atomic E-state index is -0.477. The number of rotatable bonds is 5. The van der Waals surface area contributed by atoms with Crippen LogP contribution >= 0.6 is 22.7 Å². The van der Waals surface area contributed by atoms with Crippen LogP contribution in [0.2, 0.25) is 0 Å². The average molecular weight is 680 g/mol. The lowest BCUT2D eigenvalue weighted by molar-refractivity contribution is -0.136. The van der Waals surface area contributed by atoms with Crippen molar-refractivity contribution in [1.29, 1.82) is 0 Å². The summed E-state index contributed by atoms with van der Waals surface area (Å²) in [6.07, 6.45) is 4.34. The Bertz CT molecular complexity index is 1530. The Kier molecular flexibility index (Phi) is 12.1. The summed E-state index contributed by atoms with van der Waals surface area (Å²) in [5.41, 5.74) is 1.59. The Hall–Kier alpha value is -3.68. The van der Waals surface area contributed by atoms with Crippen LogP contribution in [-0.2, 0) is 16.0 Å². The fourth-order valence-electron chi connectivity index (χ4n) is 6.10. The zero-order chi connectivity index (χ0) is 33.3. The first-order valence-electron chi connectivity index (χ1n) is 16.5. The van der Waals surface area contributed by atoms with Gasteiger partial charge in [-0.25, -0.2) is 9.97 Å². The number of hydrogen-bond donors (Lipinski definition) is 3. The summed E-state index contributed by atoms with van der Waals surface area (Å²) in [5, 5.41) is 13.9. The number of amides is 4. The predicted octanol–water partition coefficient (Wildman–Crippen LogP) is 4.35. The van der Waals surface area contributed by atoms with E-state index in [9.17, 15) is 19.2 Å². The second-order valence-corrected chi connectivity index (χ2v) is 14.6. The number of benzene rings is 1. The topological polar surface area (TPSA) is 137 Å². The Morgan fingerprint density at radius 1 is 0.894 bits per heavy atom. The molecule has 3 aromatic rings. The first-order chi connectivity index (χ1) is 22.7. The van der Waals surface area contributed by atoms with Crippen LogP contribution in [0.5, 0.6) is 0 Å². The maximum absolute atomic E-state index is 13.5. The third-order valence-electron chi connectivity index (χ3n) is 8.58. The molecule has 1 saturated heterocycles. The van der Waals surface area contributed by atoms with E-state index in [0.29, 0.717) is 61.0 Å². The highest BCUT2D eigenvalue weighted by Crippen LogP contribution is 2.27. The highest BCUT2D eigenvalue weighted by Gasteiger charge is 2.31. The maximum atomic E-state index is 13.5. The largest absolute Gasteiger partial charge is 0.351 e. The van der Waals surface area contributed by atoms with Crippen LogP contribution in [0, 0.1) is 5.92 Å². The van der Waals surface area contributed by atoms with Gasteiger partial charge in [0.2, 0.25) is 11.8 Å². The molecule has 0 spiro atoms. The molecule has 4 bridgehead atoms. The maximum Gasteiger partial charge on any atom is 0.271 e. The van der Waals surface area contributed by atoms with Gasteiger partial charge in [-0.15, -0.1) is 22.7 Å². The lowest BCUT2D eigenvalue weighted by atomic mass is 10.0. The number of fused-ring (bicyclic) bond motifs is 4. The molecule has 252 valence electrons. The van der Waals surface area contributed by atoms with E-state index >= 15 is 0 Å². The Balaban J connectivity index is 1.40. The van der Waals surface area contributed by atoms with E-state index in [1.165, 1.54) is 22.7 Å². The number of nitrogens with one attached hydrogen (secondary N) is 3. The molecule has 3 atom stereocenters. The molecule has 2 aromatic heterocycles. The fourth-order valence-corrected chi connectivity index (χ4v) is 7.82. The quantitative estimate of drug-likeness (QED) is 0.365. The van der Waals surface area contributed by atoms with Crippen LogP contribution in [-0.4, -0.2) is 82.7 Å². The van der Waals surface area contributed by atoms with Crippen molar-refractivity contribution < 1.29 is 19.2 Å². The van der Waals surface area contributed by atoms with Gasteiger partial charge in [-0.3, -0.25) is 24.1 Å². The van der Waals surface area contributed by atoms with Crippen molar-refractivity contribution in [3.8, 4) is 0 Å². The van der Waals surface area contributed by atoms with Gasteiger partial charge in [-0.2, -0.15) is 0 Å². The molecule has 0 saturated carbocycles. The second-order valence-electron chi connectivity index (χ2n) is 12.8. The van der Waals surface area contributed by atoms with Gasteiger partial charge in [-0.05, 0) is 63.6 Å². The van der Waals surface area contributed by atoms with Crippen molar-refractivity contribution in [3.05, 3.63) is 68.1 Å². The smallest absolute Gasteiger partial charge is 0.271 e. The summed E-state index contributed by atoms with van der Waals surface area (Å²) in [5.74, 6) is -0.379. The van der Waals surface area contributed by atoms with Gasteiger partial charge in [0.25, 0.3) is 11.8 Å². The summed E-state index contributed by atoms with van der Waals surface area (Å²) in [4.78, 5) is 66.6. The van der Waals surface area contributed by atoms with E-state index in [0.717, 1.165) is 24.9 Å². The second kappa shape index (κ2) is 16.4. The van der Waals surface area contributed by atoms with Crippen LogP contribution in [0.15, 0.2) is 41.1 Å². The van der Waals surface area contributed by atoms with E-state index in [-0.39, 0.29) is 53.7 Å². The summed E-state index contributed by atoms with van der Waals surface area (Å²) in [7, 11) is 1.98. The third-order valence-corrected chi connectivity index (χ3v) is 10.5. The number of thiazole rings is 2. The Morgan fingerprint density at radius 3 is 2.26 bits per heavy atom. The molecule has 3 N–H and O–H groups in total. The number of likely N-dealkylation sites (tertiary alicyclic amines) is 1. The van der Waals surface area contributed by atoms with Crippen molar-refractivity contribution in [3.63, 3.8) is 0 Å². The number of carbonyl (C=O) groups excluding carboxylic acids is 4. The minimum absolute atomic E-state index is 0.0777. The molecular weight excluding hydrogens is 635 g/mol. The Morgan fingerprint density at radius 2 is 1.57 bits per heavy atom. The van der Waals surface area contributed by atoms with Crippen LogP contribution in [0.1, 0.15) is 101 Å². The molecule has 1 fully saturated rings. The van der Waals surface area contributed by atoms with Crippen LogP contribution in [0.25, 0.3) is 0 Å². The van der Waals surface area contributed by atoms with Crippen LogP contribution in [0.4, 0.5) is 0 Å². The molecular formula is C34H45N7O4S2. The molecule has 13 heteroatoms. The van der Waals surface area contributed by atoms with E-state index < -0.39 is 6.04 Å². The van der Waals surface area contributed by atoms with Gasteiger partial charge < -0.3 is 20.9 Å². The zero-order valence-electron chi connectivity index (χ0n) is 27.4. The number of likely N-dealkylation sites (N-methyl/N-ethyl adjacent to an activating group) is 1. The molecule has 47 heavy (non-hydrogen) atoms. The Labute approximate surface area is 284 Å². The van der Waals surface area contributed by atoms with E-state index in [1.807, 2.05) is 42.3 Å². The lowest BCUT2D eigenvalue weighted by Crippen LogP contribution is -2.45. The van der Waals surface area contributed by atoms with E-state index in [4.69, 9.17) is 0 Å². The lowest BCUT2D eigenvalue weighted by Gasteiger charge is -2.29. The SMILES string of the molecule is CC(C)C[C@@H]1NC(=O)CCCN(C(=O)[C@@H]2CCCN2C)CCCNC(=O)c2csc(n2)[C@H](Cc2ccccc2)NC(=O)c2csc1n2. The van der Waals surface area contributed by atoms with E-state index in [1.54, 1.807) is 10.8 Å². The monoisotopic (exact) mass is 679 g/mol. The van der Waals surface area contributed by atoms with Gasteiger partial charge in [0.05, 0.1) is 18.1 Å². The van der Waals surface area contributed by atoms with Crippen molar-refractivity contribution in [1.82, 2.24) is 35.7 Å². The van der Waals surface area contributed by atoms with Crippen molar-refractivity contribution in [2.24, 2.45) is 5.92 Å². The van der Waals surface area contributed by atoms with Gasteiger partial charge in [0.1, 0.15) is 21.4 Å². The fraction of sp³-hybridized carbons (Fsp3) is 0.529. The van der Waals surface area contributed by atoms with Gasteiger partial charge in [0.15, 0.2) is 0 Å². The highest BCUT2D eigenvalue weighted by atomic mass is 32.1. The molecule has 1 aromatic carbocycles.